The minimum absolute atomic E-state index is 0.0735. The van der Waals surface area contributed by atoms with E-state index in [9.17, 15) is 13.2 Å². The number of allylic oxidation sites excluding steroid dienone is 4. The second-order valence-corrected chi connectivity index (χ2v) is 7.21. The maximum absolute atomic E-state index is 12.9. The van der Waals surface area contributed by atoms with Gasteiger partial charge in [0.05, 0.1) is 17.3 Å². The maximum atomic E-state index is 12.9. The number of fused-ring (bicyclic) bond motifs is 1. The highest BCUT2D eigenvalue weighted by molar-refractivity contribution is 7.74. The van der Waals surface area contributed by atoms with Crippen molar-refractivity contribution in [2.45, 2.75) is 6.54 Å². The molecule has 2 heterocycles. The smallest absolute Gasteiger partial charge is 0.270 e. The summed E-state index contributed by atoms with van der Waals surface area (Å²) in [6.45, 7) is 0.185. The van der Waals surface area contributed by atoms with Crippen molar-refractivity contribution in [1.29, 1.82) is 0 Å². The summed E-state index contributed by atoms with van der Waals surface area (Å²) in [6.07, 6.45) is 6.30. The predicted octanol–water partition coefficient (Wildman–Crippen LogP) is 2.01. The first-order valence-electron chi connectivity index (χ1n) is 8.26. The van der Waals surface area contributed by atoms with Gasteiger partial charge in [-0.25, -0.2) is 9.98 Å². The van der Waals surface area contributed by atoms with E-state index in [2.05, 4.69) is 20.3 Å². The number of carbonyl (C=O) groups excluding carboxylic acids is 1. The van der Waals surface area contributed by atoms with Gasteiger partial charge in [-0.1, -0.05) is 41.9 Å². The number of hydrogen-bond donors (Lipinski definition) is 2. The fourth-order valence-corrected chi connectivity index (χ4v) is 3.98. The lowest BCUT2D eigenvalue weighted by Crippen LogP contribution is -2.31. The zero-order chi connectivity index (χ0) is 19.7. The Hall–Kier alpha value is -3.23. The number of nitrogens with one attached hydrogen (secondary N) is 2. The van der Waals surface area contributed by atoms with E-state index in [4.69, 9.17) is 11.6 Å². The van der Waals surface area contributed by atoms with Crippen LogP contribution >= 0.6 is 11.6 Å². The molecule has 4 rings (SSSR count). The third-order valence-corrected chi connectivity index (χ3v) is 5.41. The Kier molecular flexibility index (Phi) is 4.81. The molecule has 2 N–H and O–H groups in total. The van der Waals surface area contributed by atoms with Crippen LogP contribution in [0.5, 0.6) is 0 Å². The largest absolute Gasteiger partial charge is 0.347 e. The van der Waals surface area contributed by atoms with Crippen molar-refractivity contribution in [2.24, 2.45) is 4.99 Å². The van der Waals surface area contributed by atoms with Crippen LogP contribution in [-0.2, 0) is 21.6 Å². The highest BCUT2D eigenvalue weighted by Crippen LogP contribution is 2.38. The summed E-state index contributed by atoms with van der Waals surface area (Å²) >= 11 is 6.14. The molecule has 0 unspecified atom stereocenters. The Morgan fingerprint density at radius 3 is 2.61 bits per heavy atom. The number of aliphatic imine (C=N–C) groups is 1. The van der Waals surface area contributed by atoms with Crippen LogP contribution in [0.15, 0.2) is 76.2 Å². The topological polar surface area (TPSA) is 104 Å². The highest BCUT2D eigenvalue weighted by atomic mass is 35.5. The first-order chi connectivity index (χ1) is 13.6. The van der Waals surface area contributed by atoms with Gasteiger partial charge in [0.25, 0.3) is 5.91 Å². The van der Waals surface area contributed by atoms with E-state index in [0.717, 1.165) is 0 Å². The van der Waals surface area contributed by atoms with Gasteiger partial charge in [-0.05, 0) is 17.7 Å². The molecule has 0 radical (unpaired) electrons. The van der Waals surface area contributed by atoms with Crippen molar-refractivity contribution >= 4 is 44.0 Å². The molecule has 0 saturated carbocycles. The number of aromatic nitrogens is 2. The summed E-state index contributed by atoms with van der Waals surface area (Å²) in [6, 6.07) is 9.02. The molecule has 9 heteroatoms. The van der Waals surface area contributed by atoms with Gasteiger partial charge in [-0.2, -0.15) is 8.42 Å². The Bertz CT molecular complexity index is 1210. The third kappa shape index (κ3) is 3.23. The molecular formula is C19H13ClN4O3S. The number of benzene rings is 1. The Balaban J connectivity index is 1.82. The predicted molar refractivity (Wildman–Crippen MR) is 107 cm³/mol. The number of H-pyrrole nitrogens is 1. The number of rotatable bonds is 4. The van der Waals surface area contributed by atoms with Gasteiger partial charge in [0.2, 0.25) is 10.3 Å². The normalized spacial score (nSPS) is 15.6. The fraction of sp³-hybridized carbons (Fsp3) is 0.0526. The van der Waals surface area contributed by atoms with Crippen LogP contribution in [0.1, 0.15) is 11.4 Å². The van der Waals surface area contributed by atoms with E-state index >= 15 is 0 Å². The molecule has 0 atom stereocenters. The summed E-state index contributed by atoms with van der Waals surface area (Å²) in [5, 5.41) is 2.83. The molecule has 140 valence electrons. The zero-order valence-corrected chi connectivity index (χ0v) is 15.9. The standard InChI is InChI=1S/C19H13ClN4O3S/c20-12-6-7-13-16(18(12)28(26)27)15(11-4-2-1-3-5-11)17(24-13)19(25)23-10-14-21-8-9-22-14/h1-9H,10H2,(H,21,22)(H,23,25). The number of aromatic amines is 1. The molecule has 2 aliphatic rings. The minimum Gasteiger partial charge on any atom is -0.347 e. The highest BCUT2D eigenvalue weighted by Gasteiger charge is 2.35. The quantitative estimate of drug-likeness (QED) is 0.749. The minimum atomic E-state index is -2.60. The van der Waals surface area contributed by atoms with Crippen molar-refractivity contribution in [3.05, 3.63) is 82.6 Å². The van der Waals surface area contributed by atoms with Gasteiger partial charge in [0.1, 0.15) is 16.4 Å². The number of imidazole rings is 1. The Morgan fingerprint density at radius 2 is 1.93 bits per heavy atom. The molecular weight excluding hydrogens is 400 g/mol. The second-order valence-electron chi connectivity index (χ2n) is 5.93. The molecule has 1 amide bonds. The molecule has 1 aromatic carbocycles. The Labute approximate surface area is 166 Å². The molecule has 1 aliphatic heterocycles. The van der Waals surface area contributed by atoms with Gasteiger partial charge in [0, 0.05) is 23.5 Å². The van der Waals surface area contributed by atoms with Crippen LogP contribution in [0.4, 0.5) is 0 Å². The number of hydrogen-bond acceptors (Lipinski definition) is 5. The molecule has 0 bridgehead atoms. The van der Waals surface area contributed by atoms with Crippen molar-refractivity contribution in [2.75, 3.05) is 0 Å². The molecule has 7 nitrogen and oxygen atoms in total. The molecule has 1 aromatic heterocycles. The SMILES string of the molecule is O=C(NCc1ncc[nH]1)C1=NC2=CC=C(Cl)C(=S(=O)=O)C2=C1c1ccccc1. The molecule has 0 saturated heterocycles. The van der Waals surface area contributed by atoms with Crippen LogP contribution in [0.25, 0.3) is 5.57 Å². The lowest BCUT2D eigenvalue weighted by atomic mass is 9.92. The van der Waals surface area contributed by atoms with E-state index in [1.54, 1.807) is 42.7 Å². The second kappa shape index (κ2) is 7.41. The van der Waals surface area contributed by atoms with Gasteiger partial charge in [-0.15, -0.1) is 0 Å². The van der Waals surface area contributed by atoms with Gasteiger partial charge < -0.3 is 10.3 Å². The van der Waals surface area contributed by atoms with Gasteiger partial charge in [0.15, 0.2) is 0 Å². The average molecular weight is 413 g/mol. The van der Waals surface area contributed by atoms with Crippen LogP contribution in [-0.4, -0.2) is 34.9 Å². The Morgan fingerprint density at radius 1 is 1.14 bits per heavy atom. The van der Waals surface area contributed by atoms with Crippen molar-refractivity contribution in [3.63, 3.8) is 0 Å². The molecule has 28 heavy (non-hydrogen) atoms. The lowest BCUT2D eigenvalue weighted by molar-refractivity contribution is -0.114. The van der Waals surface area contributed by atoms with Crippen molar-refractivity contribution in [1.82, 2.24) is 15.3 Å². The van der Waals surface area contributed by atoms with E-state index in [-0.39, 0.29) is 22.2 Å². The van der Waals surface area contributed by atoms with Crippen molar-refractivity contribution in [3.8, 4) is 0 Å². The molecule has 1 aliphatic carbocycles. The summed E-state index contributed by atoms with van der Waals surface area (Å²) in [4.78, 5) is 24.2. The summed E-state index contributed by atoms with van der Waals surface area (Å²) in [7, 11) is -2.60. The van der Waals surface area contributed by atoms with E-state index in [0.29, 0.717) is 28.2 Å². The maximum Gasteiger partial charge on any atom is 0.270 e. The molecule has 0 spiro atoms. The van der Waals surface area contributed by atoms with Crippen LogP contribution in [0.2, 0.25) is 0 Å². The number of halogens is 1. The lowest BCUT2D eigenvalue weighted by Gasteiger charge is -2.13. The average Bonchev–Trinajstić information content (AvgIpc) is 3.34. The van der Waals surface area contributed by atoms with E-state index in [1.165, 1.54) is 6.08 Å². The first kappa shape index (κ1) is 18.1. The molecule has 0 fully saturated rings. The number of carbonyl (C=O) groups is 1. The summed E-state index contributed by atoms with van der Waals surface area (Å²) in [5.74, 6) is 0.153. The van der Waals surface area contributed by atoms with Crippen LogP contribution in [0, 0.1) is 0 Å². The van der Waals surface area contributed by atoms with Gasteiger partial charge >= 0.3 is 0 Å². The zero-order valence-electron chi connectivity index (χ0n) is 14.3. The third-order valence-electron chi connectivity index (χ3n) is 4.22. The van der Waals surface area contributed by atoms with E-state index in [1.807, 2.05) is 6.07 Å². The monoisotopic (exact) mass is 412 g/mol. The van der Waals surface area contributed by atoms with Gasteiger partial charge in [-0.3, -0.25) is 4.79 Å². The fourth-order valence-electron chi connectivity index (χ4n) is 3.03. The van der Waals surface area contributed by atoms with Crippen LogP contribution in [0.3, 0.4) is 0 Å². The number of amides is 1. The summed E-state index contributed by atoms with van der Waals surface area (Å²) < 4.78 is 23.7. The van der Waals surface area contributed by atoms with Crippen LogP contribution < -0.4 is 5.32 Å². The number of nitrogens with zero attached hydrogens (tertiary/aromatic N) is 2. The molecule has 2 aromatic rings. The van der Waals surface area contributed by atoms with E-state index < -0.39 is 16.2 Å². The first-order valence-corrected chi connectivity index (χ1v) is 9.71. The summed E-state index contributed by atoms with van der Waals surface area (Å²) in [5.41, 5.74) is 1.93. The van der Waals surface area contributed by atoms with Crippen molar-refractivity contribution < 1.29 is 13.2 Å².